The van der Waals surface area contributed by atoms with Crippen molar-refractivity contribution in [3.63, 3.8) is 0 Å². The maximum Gasteiger partial charge on any atom is 0.142 e. The molecule has 1 heterocycles. The predicted octanol–water partition coefficient (Wildman–Crippen LogP) is 3.30. The van der Waals surface area contributed by atoms with Crippen LogP contribution >= 0.6 is 0 Å². The second-order valence-corrected chi connectivity index (χ2v) is 5.87. The Bertz CT molecular complexity index is 419. The Balaban J connectivity index is 2.26. The highest BCUT2D eigenvalue weighted by Crippen LogP contribution is 2.32. The van der Waals surface area contributed by atoms with Crippen LogP contribution in [0.4, 0.5) is 5.69 Å². The molecule has 2 atom stereocenters. The zero-order valence-electron chi connectivity index (χ0n) is 13.2. The second-order valence-electron chi connectivity index (χ2n) is 5.87. The van der Waals surface area contributed by atoms with E-state index < -0.39 is 0 Å². The number of rotatable bonds is 5. The normalized spacial score (nSPS) is 23.1. The number of nitrogens with one attached hydrogen (secondary N) is 1. The molecule has 1 saturated heterocycles. The Kier molecular flexibility index (Phi) is 5.30. The number of hydrogen-bond acceptors (Lipinski definition) is 3. The highest BCUT2D eigenvalue weighted by molar-refractivity contribution is 5.59. The van der Waals surface area contributed by atoms with E-state index in [0.29, 0.717) is 24.6 Å². The van der Waals surface area contributed by atoms with Gasteiger partial charge in [0.2, 0.25) is 0 Å². The number of benzene rings is 1. The number of nitrogens with zero attached hydrogens (tertiary/aromatic N) is 1. The first-order chi connectivity index (χ1) is 9.67. The molecule has 112 valence electrons. The lowest BCUT2D eigenvalue weighted by atomic mass is 9.97. The van der Waals surface area contributed by atoms with Gasteiger partial charge in [0.1, 0.15) is 5.75 Å². The van der Waals surface area contributed by atoms with E-state index in [1.54, 1.807) is 0 Å². The average Bonchev–Trinajstić information content (AvgIpc) is 2.47. The Morgan fingerprint density at radius 2 is 2.05 bits per heavy atom. The van der Waals surface area contributed by atoms with E-state index in [4.69, 9.17) is 4.74 Å². The van der Waals surface area contributed by atoms with Crippen LogP contribution in [-0.2, 0) is 0 Å². The number of anilines is 1. The number of hydrogen-bond donors (Lipinski definition) is 1. The zero-order valence-corrected chi connectivity index (χ0v) is 13.2. The zero-order chi connectivity index (χ0) is 14.5. The molecule has 0 radical (unpaired) electrons. The van der Waals surface area contributed by atoms with Crippen LogP contribution in [0.15, 0.2) is 24.3 Å². The third-order valence-corrected chi connectivity index (χ3v) is 4.20. The van der Waals surface area contributed by atoms with E-state index in [1.807, 2.05) is 6.92 Å². The third kappa shape index (κ3) is 3.26. The van der Waals surface area contributed by atoms with Gasteiger partial charge in [-0.2, -0.15) is 0 Å². The van der Waals surface area contributed by atoms with Crippen molar-refractivity contribution in [1.29, 1.82) is 0 Å². The molecule has 3 nitrogen and oxygen atoms in total. The largest absolute Gasteiger partial charge is 0.492 e. The van der Waals surface area contributed by atoms with E-state index in [0.717, 1.165) is 25.3 Å². The smallest absolute Gasteiger partial charge is 0.142 e. The Hall–Kier alpha value is -1.22. The van der Waals surface area contributed by atoms with Crippen LogP contribution < -0.4 is 15.0 Å². The molecule has 0 aliphatic carbocycles. The summed E-state index contributed by atoms with van der Waals surface area (Å²) >= 11 is 0. The molecule has 1 aromatic carbocycles. The van der Waals surface area contributed by atoms with E-state index >= 15 is 0 Å². The first-order valence-corrected chi connectivity index (χ1v) is 7.89. The van der Waals surface area contributed by atoms with Crippen LogP contribution in [0.25, 0.3) is 0 Å². The van der Waals surface area contributed by atoms with Crippen LogP contribution in [-0.4, -0.2) is 31.8 Å². The lowest BCUT2D eigenvalue weighted by Crippen LogP contribution is -2.58. The molecule has 1 aliphatic heterocycles. The second kappa shape index (κ2) is 6.98. The minimum atomic E-state index is 0.548. The van der Waals surface area contributed by atoms with Crippen molar-refractivity contribution in [3.05, 3.63) is 24.3 Å². The summed E-state index contributed by atoms with van der Waals surface area (Å²) in [5, 5.41) is 3.69. The van der Waals surface area contributed by atoms with Crippen LogP contribution in [0.5, 0.6) is 5.75 Å². The molecular formula is C17H28N2O. The minimum absolute atomic E-state index is 0.548. The number of piperazine rings is 1. The quantitative estimate of drug-likeness (QED) is 0.893. The molecule has 1 aromatic rings. The van der Waals surface area contributed by atoms with Gasteiger partial charge in [0.05, 0.1) is 12.3 Å². The number of ether oxygens (including phenoxy) is 1. The lowest BCUT2D eigenvalue weighted by molar-refractivity contribution is 0.314. The average molecular weight is 276 g/mol. The molecular weight excluding hydrogens is 248 g/mol. The molecule has 2 unspecified atom stereocenters. The van der Waals surface area contributed by atoms with Crippen LogP contribution in [0.2, 0.25) is 0 Å². The summed E-state index contributed by atoms with van der Waals surface area (Å²) in [6, 6.07) is 9.53. The van der Waals surface area contributed by atoms with E-state index in [2.05, 4.69) is 55.3 Å². The highest BCUT2D eigenvalue weighted by Gasteiger charge is 2.29. The fourth-order valence-corrected chi connectivity index (χ4v) is 2.90. The van der Waals surface area contributed by atoms with Crippen molar-refractivity contribution in [2.45, 2.75) is 46.2 Å². The van der Waals surface area contributed by atoms with E-state index in [9.17, 15) is 0 Å². The lowest BCUT2D eigenvalue weighted by Gasteiger charge is -2.43. The molecule has 20 heavy (non-hydrogen) atoms. The molecule has 1 N–H and O–H groups in total. The molecule has 2 rings (SSSR count). The van der Waals surface area contributed by atoms with Gasteiger partial charge in [-0.15, -0.1) is 0 Å². The fourth-order valence-electron chi connectivity index (χ4n) is 2.90. The van der Waals surface area contributed by atoms with Crippen molar-refractivity contribution >= 4 is 5.69 Å². The van der Waals surface area contributed by atoms with Crippen molar-refractivity contribution in [2.75, 3.05) is 24.6 Å². The maximum absolute atomic E-state index is 5.82. The maximum atomic E-state index is 5.82. The van der Waals surface area contributed by atoms with Gasteiger partial charge < -0.3 is 15.0 Å². The first kappa shape index (κ1) is 15.2. The molecule has 3 heteroatoms. The van der Waals surface area contributed by atoms with Crippen molar-refractivity contribution in [1.82, 2.24) is 5.32 Å². The Morgan fingerprint density at radius 3 is 2.70 bits per heavy atom. The van der Waals surface area contributed by atoms with Gasteiger partial charge in [-0.05, 0) is 31.4 Å². The summed E-state index contributed by atoms with van der Waals surface area (Å²) < 4.78 is 5.82. The molecule has 0 bridgehead atoms. The molecule has 1 aliphatic rings. The Morgan fingerprint density at radius 1 is 1.30 bits per heavy atom. The first-order valence-electron chi connectivity index (χ1n) is 7.89. The fraction of sp³-hybridized carbons (Fsp3) is 0.647. The van der Waals surface area contributed by atoms with Crippen molar-refractivity contribution < 1.29 is 4.74 Å². The summed E-state index contributed by atoms with van der Waals surface area (Å²) in [6.45, 7) is 11.7. The van der Waals surface area contributed by atoms with E-state index in [-0.39, 0.29) is 0 Å². The number of para-hydroxylation sites is 2. The summed E-state index contributed by atoms with van der Waals surface area (Å²) in [5.41, 5.74) is 1.24. The monoisotopic (exact) mass is 276 g/mol. The molecule has 0 amide bonds. The van der Waals surface area contributed by atoms with Crippen molar-refractivity contribution in [3.8, 4) is 5.75 Å². The summed E-state index contributed by atoms with van der Waals surface area (Å²) in [5.74, 6) is 1.66. The van der Waals surface area contributed by atoms with Gasteiger partial charge in [-0.1, -0.05) is 32.9 Å². The van der Waals surface area contributed by atoms with Gasteiger partial charge in [-0.3, -0.25) is 0 Å². The van der Waals surface area contributed by atoms with Gasteiger partial charge >= 0.3 is 0 Å². The van der Waals surface area contributed by atoms with Crippen LogP contribution in [0, 0.1) is 5.92 Å². The molecule has 0 spiro atoms. The van der Waals surface area contributed by atoms with Gasteiger partial charge in [-0.25, -0.2) is 0 Å². The van der Waals surface area contributed by atoms with Gasteiger partial charge in [0, 0.05) is 25.2 Å². The molecule has 0 saturated carbocycles. The summed E-state index contributed by atoms with van der Waals surface area (Å²) in [4.78, 5) is 2.53. The SMILES string of the molecule is CCOc1ccccc1N1CC(C(C)C)NCC1CC. The van der Waals surface area contributed by atoms with E-state index in [1.165, 1.54) is 5.69 Å². The summed E-state index contributed by atoms with van der Waals surface area (Å²) in [7, 11) is 0. The summed E-state index contributed by atoms with van der Waals surface area (Å²) in [6.07, 6.45) is 1.15. The standard InChI is InChI=1S/C17H28N2O/c1-5-14-11-18-15(13(3)4)12-19(14)16-9-7-8-10-17(16)20-6-2/h7-10,13-15,18H,5-6,11-12H2,1-4H3. The molecule has 1 fully saturated rings. The van der Waals surface area contributed by atoms with Crippen molar-refractivity contribution in [2.24, 2.45) is 5.92 Å². The third-order valence-electron chi connectivity index (χ3n) is 4.20. The molecule has 0 aromatic heterocycles. The topological polar surface area (TPSA) is 24.5 Å². The Labute approximate surface area is 123 Å². The van der Waals surface area contributed by atoms with Gasteiger partial charge in [0.15, 0.2) is 0 Å². The van der Waals surface area contributed by atoms with Gasteiger partial charge in [0.25, 0.3) is 0 Å². The van der Waals surface area contributed by atoms with Crippen LogP contribution in [0.1, 0.15) is 34.1 Å². The highest BCUT2D eigenvalue weighted by atomic mass is 16.5. The minimum Gasteiger partial charge on any atom is -0.492 e. The van der Waals surface area contributed by atoms with Crippen LogP contribution in [0.3, 0.4) is 0 Å². The predicted molar refractivity (Wildman–Crippen MR) is 85.7 cm³/mol.